The number of rotatable bonds is 3. The van der Waals surface area contributed by atoms with Crippen molar-refractivity contribution in [2.24, 2.45) is 0 Å². The molecule has 4 heteroatoms. The first kappa shape index (κ1) is 14.4. The van der Waals surface area contributed by atoms with Crippen LogP contribution in [0.1, 0.15) is 25.5 Å². The summed E-state index contributed by atoms with van der Waals surface area (Å²) in [6, 6.07) is 9.84. The summed E-state index contributed by atoms with van der Waals surface area (Å²) in [6.45, 7) is 4.93. The van der Waals surface area contributed by atoms with Crippen molar-refractivity contribution < 1.29 is 5.11 Å². The highest BCUT2D eigenvalue weighted by atomic mass is 35.5. The highest BCUT2D eigenvalue weighted by Gasteiger charge is 2.19. The molecule has 1 unspecified atom stereocenters. The second-order valence-electron chi connectivity index (χ2n) is 4.06. The van der Waals surface area contributed by atoms with Gasteiger partial charge in [-0.05, 0) is 19.4 Å². The maximum Gasteiger partial charge on any atom is 0.0965 e. The first-order chi connectivity index (χ1) is 7.68. The van der Waals surface area contributed by atoms with Crippen molar-refractivity contribution in [3.63, 3.8) is 0 Å². The number of aliphatic hydroxyl groups excluding tert-OH is 1. The molecule has 0 amide bonds. The summed E-state index contributed by atoms with van der Waals surface area (Å²) in [7, 11) is 0. The van der Waals surface area contributed by atoms with E-state index in [1.54, 1.807) is 0 Å². The molecule has 0 spiro atoms. The van der Waals surface area contributed by atoms with Crippen molar-refractivity contribution in [1.82, 2.24) is 4.90 Å². The zero-order valence-corrected chi connectivity index (χ0v) is 11.7. The zero-order chi connectivity index (χ0) is 11.5. The van der Waals surface area contributed by atoms with Crippen molar-refractivity contribution in [2.75, 3.05) is 12.4 Å². The minimum atomic E-state index is -0.400. The molecule has 1 aliphatic rings. The van der Waals surface area contributed by atoms with E-state index in [1.165, 1.54) is 10.6 Å². The number of β-amino-alcohol motifs (C(OH)–C–C–N with tert-alkyl or cyclic N) is 1. The molecule has 1 heterocycles. The smallest absolute Gasteiger partial charge is 0.0965 e. The lowest BCUT2D eigenvalue weighted by molar-refractivity contribution is 0.139. The van der Waals surface area contributed by atoms with E-state index in [4.69, 9.17) is 0 Å². The van der Waals surface area contributed by atoms with Crippen molar-refractivity contribution >= 4 is 24.2 Å². The number of halogens is 1. The molecule has 0 saturated heterocycles. The second-order valence-corrected chi connectivity index (χ2v) is 5.22. The van der Waals surface area contributed by atoms with Crippen LogP contribution >= 0.6 is 24.2 Å². The number of nitrogens with zero attached hydrogens (tertiary/aromatic N) is 1. The predicted molar refractivity (Wildman–Crippen MR) is 76.2 cm³/mol. The Balaban J connectivity index is 0.00000144. The summed E-state index contributed by atoms with van der Waals surface area (Å²) >= 11 is 1.85. The van der Waals surface area contributed by atoms with Crippen LogP contribution in [-0.2, 0) is 0 Å². The van der Waals surface area contributed by atoms with Gasteiger partial charge in [0.05, 0.1) is 12.0 Å². The van der Waals surface area contributed by atoms with Gasteiger partial charge in [0.1, 0.15) is 0 Å². The second kappa shape index (κ2) is 6.34. The number of thioether (sulfide) groups is 1. The predicted octanol–water partition coefficient (Wildman–Crippen LogP) is 3.40. The van der Waals surface area contributed by atoms with Crippen LogP contribution in [0.4, 0.5) is 0 Å². The van der Waals surface area contributed by atoms with Gasteiger partial charge in [0.2, 0.25) is 0 Å². The molecule has 1 aromatic carbocycles. The van der Waals surface area contributed by atoms with Gasteiger partial charge in [-0.15, -0.1) is 24.2 Å². The molecule has 1 atom stereocenters. The van der Waals surface area contributed by atoms with Crippen LogP contribution in [0.2, 0.25) is 0 Å². The number of aliphatic hydroxyl groups is 1. The van der Waals surface area contributed by atoms with Crippen molar-refractivity contribution in [3.05, 3.63) is 46.5 Å². The molecule has 0 fully saturated rings. The average Bonchev–Trinajstić information content (AvgIpc) is 2.62. The van der Waals surface area contributed by atoms with Gasteiger partial charge >= 0.3 is 0 Å². The fourth-order valence-electron chi connectivity index (χ4n) is 1.78. The molecule has 17 heavy (non-hydrogen) atoms. The summed E-state index contributed by atoms with van der Waals surface area (Å²) in [5, 5.41) is 10.1. The molecule has 2 nitrogen and oxygen atoms in total. The normalized spacial score (nSPS) is 17.0. The van der Waals surface area contributed by atoms with Gasteiger partial charge in [-0.3, -0.25) is 0 Å². The van der Waals surface area contributed by atoms with Crippen LogP contribution < -0.4 is 0 Å². The molecule has 0 saturated carbocycles. The number of hydrogen-bond acceptors (Lipinski definition) is 3. The van der Waals surface area contributed by atoms with Crippen LogP contribution in [0, 0.1) is 0 Å². The highest BCUT2D eigenvalue weighted by Crippen LogP contribution is 2.32. The summed E-state index contributed by atoms with van der Waals surface area (Å²) in [5.74, 6) is 0.960. The van der Waals surface area contributed by atoms with Crippen LogP contribution in [-0.4, -0.2) is 22.4 Å². The monoisotopic (exact) mass is 271 g/mol. The van der Waals surface area contributed by atoms with E-state index in [-0.39, 0.29) is 12.4 Å². The summed E-state index contributed by atoms with van der Waals surface area (Å²) < 4.78 is 0. The fourth-order valence-corrected chi connectivity index (χ4v) is 2.76. The summed E-state index contributed by atoms with van der Waals surface area (Å²) in [4.78, 5) is 3.60. The Hall–Kier alpha value is -0.640. The van der Waals surface area contributed by atoms with Gasteiger partial charge < -0.3 is 10.0 Å². The van der Waals surface area contributed by atoms with Gasteiger partial charge in [-0.1, -0.05) is 30.3 Å². The third-order valence-corrected chi connectivity index (χ3v) is 4.17. The van der Waals surface area contributed by atoms with Crippen LogP contribution in [0.25, 0.3) is 0 Å². The van der Waals surface area contributed by atoms with Crippen molar-refractivity contribution in [2.45, 2.75) is 20.0 Å². The van der Waals surface area contributed by atoms with Gasteiger partial charge in [0.25, 0.3) is 0 Å². The van der Waals surface area contributed by atoms with E-state index >= 15 is 0 Å². The van der Waals surface area contributed by atoms with Crippen molar-refractivity contribution in [3.8, 4) is 0 Å². The Labute approximate surface area is 113 Å². The Morgan fingerprint density at radius 1 is 1.29 bits per heavy atom. The molecule has 1 aromatic rings. The minimum absolute atomic E-state index is 0. The van der Waals surface area contributed by atoms with Crippen LogP contribution in [0.5, 0.6) is 0 Å². The minimum Gasteiger partial charge on any atom is -0.387 e. The average molecular weight is 272 g/mol. The Kier molecular flexibility index (Phi) is 5.37. The fraction of sp³-hybridized carbons (Fsp3) is 0.385. The topological polar surface area (TPSA) is 23.5 Å². The van der Waals surface area contributed by atoms with E-state index in [0.29, 0.717) is 6.54 Å². The Morgan fingerprint density at radius 3 is 2.47 bits per heavy atom. The third-order valence-electron chi connectivity index (χ3n) is 3.00. The van der Waals surface area contributed by atoms with Gasteiger partial charge in [0.15, 0.2) is 0 Å². The van der Waals surface area contributed by atoms with Crippen LogP contribution in [0.15, 0.2) is 40.9 Å². The summed E-state index contributed by atoms with van der Waals surface area (Å²) in [5.41, 5.74) is 2.28. The molecular weight excluding hydrogens is 254 g/mol. The molecule has 0 aliphatic carbocycles. The highest BCUT2D eigenvalue weighted by molar-refractivity contribution is 8.03. The van der Waals surface area contributed by atoms with Gasteiger partial charge in [0, 0.05) is 17.1 Å². The lowest BCUT2D eigenvalue weighted by Gasteiger charge is -2.23. The molecule has 1 N–H and O–H groups in total. The lowest BCUT2D eigenvalue weighted by atomic mass is 10.1. The summed E-state index contributed by atoms with van der Waals surface area (Å²) in [6.07, 6.45) is -0.400. The molecule has 94 valence electrons. The maximum atomic E-state index is 10.1. The van der Waals surface area contributed by atoms with E-state index in [1.807, 2.05) is 42.1 Å². The van der Waals surface area contributed by atoms with Crippen molar-refractivity contribution in [1.29, 1.82) is 0 Å². The number of benzene rings is 1. The molecule has 0 aromatic heterocycles. The Morgan fingerprint density at radius 2 is 1.94 bits per heavy atom. The standard InChI is InChI=1S/C13H17NOS.ClH/c1-10-11(2)16-9-14(10)8-13(15)12-6-4-3-5-7-12;/h3-7,13,15H,8-9H2,1-2H3;1H. The third kappa shape index (κ3) is 3.41. The SMILES string of the molecule is CC1=C(C)N(CC(O)c2ccccc2)CS1.Cl. The largest absolute Gasteiger partial charge is 0.387 e. The molecule has 0 bridgehead atoms. The molecule has 1 aliphatic heterocycles. The van der Waals surface area contributed by atoms with Crippen LogP contribution in [0.3, 0.4) is 0 Å². The van der Waals surface area contributed by atoms with E-state index < -0.39 is 6.10 Å². The Bertz CT molecular complexity index is 394. The quantitative estimate of drug-likeness (QED) is 0.912. The zero-order valence-electron chi connectivity index (χ0n) is 10.1. The lowest BCUT2D eigenvalue weighted by Crippen LogP contribution is -2.24. The first-order valence-electron chi connectivity index (χ1n) is 5.46. The first-order valence-corrected chi connectivity index (χ1v) is 6.45. The van der Waals surface area contributed by atoms with E-state index in [9.17, 15) is 5.11 Å². The molecule has 0 radical (unpaired) electrons. The van der Waals surface area contributed by atoms with E-state index in [0.717, 1.165) is 11.4 Å². The number of hydrogen-bond donors (Lipinski definition) is 1. The van der Waals surface area contributed by atoms with E-state index in [2.05, 4.69) is 18.7 Å². The maximum absolute atomic E-state index is 10.1. The number of allylic oxidation sites excluding steroid dienone is 2. The van der Waals surface area contributed by atoms with Gasteiger partial charge in [-0.2, -0.15) is 0 Å². The molecular formula is C13H18ClNOS. The van der Waals surface area contributed by atoms with Gasteiger partial charge in [-0.25, -0.2) is 0 Å². The molecule has 2 rings (SSSR count).